The molecule has 0 spiro atoms. The normalized spacial score (nSPS) is 15.8. The lowest BCUT2D eigenvalue weighted by atomic mass is 10.1. The summed E-state index contributed by atoms with van der Waals surface area (Å²) in [5.41, 5.74) is 0.970. The zero-order valence-electron chi connectivity index (χ0n) is 14.0. The lowest BCUT2D eigenvalue weighted by Crippen LogP contribution is -2.35. The Bertz CT molecular complexity index is 737. The Kier molecular flexibility index (Phi) is 5.09. The van der Waals surface area contributed by atoms with Crippen molar-refractivity contribution in [3.05, 3.63) is 23.8 Å². The molecule has 0 aromatic heterocycles. The Morgan fingerprint density at radius 3 is 2.43 bits per heavy atom. The number of amides is 1. The minimum atomic E-state index is -3.76. The van der Waals surface area contributed by atoms with Crippen molar-refractivity contribution in [1.29, 1.82) is 0 Å². The van der Waals surface area contributed by atoms with Crippen LogP contribution in [-0.2, 0) is 10.0 Å². The highest BCUT2D eigenvalue weighted by Crippen LogP contribution is 2.32. The summed E-state index contributed by atoms with van der Waals surface area (Å²) in [6.45, 7) is 9.35. The van der Waals surface area contributed by atoms with Crippen LogP contribution in [0.3, 0.4) is 0 Å². The molecule has 126 valence electrons. The van der Waals surface area contributed by atoms with Crippen LogP contribution in [0.25, 0.3) is 0 Å². The van der Waals surface area contributed by atoms with Crippen LogP contribution < -0.4 is 4.90 Å². The minimum Gasteiger partial charge on any atom is -0.339 e. The molecule has 0 unspecified atom stereocenters. The van der Waals surface area contributed by atoms with E-state index in [2.05, 4.69) is 4.40 Å². The second kappa shape index (κ2) is 6.70. The van der Waals surface area contributed by atoms with E-state index in [9.17, 15) is 13.2 Å². The van der Waals surface area contributed by atoms with Gasteiger partial charge >= 0.3 is 0 Å². The highest BCUT2D eigenvalue weighted by Gasteiger charge is 2.29. The van der Waals surface area contributed by atoms with Crippen LogP contribution in [0.4, 0.5) is 5.69 Å². The number of amidine groups is 1. The minimum absolute atomic E-state index is 0.106. The molecule has 0 radical (unpaired) electrons. The fourth-order valence-corrected chi connectivity index (χ4v) is 3.99. The van der Waals surface area contributed by atoms with E-state index in [1.165, 1.54) is 6.07 Å². The van der Waals surface area contributed by atoms with Crippen molar-refractivity contribution in [2.24, 2.45) is 4.40 Å². The van der Waals surface area contributed by atoms with Crippen LogP contribution in [0.5, 0.6) is 0 Å². The van der Waals surface area contributed by atoms with E-state index >= 15 is 0 Å². The van der Waals surface area contributed by atoms with Crippen LogP contribution >= 0.6 is 0 Å². The number of hydrogen-bond acceptors (Lipinski definition) is 4. The van der Waals surface area contributed by atoms with Crippen molar-refractivity contribution in [1.82, 2.24) is 4.90 Å². The van der Waals surface area contributed by atoms with E-state index in [1.807, 2.05) is 25.7 Å². The predicted octanol–water partition coefficient (Wildman–Crippen LogP) is 2.51. The van der Waals surface area contributed by atoms with Gasteiger partial charge in [-0.3, -0.25) is 4.79 Å². The average Bonchev–Trinajstić information content (AvgIpc) is 2.51. The molecule has 7 heteroatoms. The summed E-state index contributed by atoms with van der Waals surface area (Å²) in [5.74, 6) is 0.295. The molecular weight excluding hydrogens is 314 g/mol. The summed E-state index contributed by atoms with van der Waals surface area (Å²) in [6.07, 6.45) is 0.868. The lowest BCUT2D eigenvalue weighted by molar-refractivity contribution is 0.0773. The molecule has 23 heavy (non-hydrogen) atoms. The van der Waals surface area contributed by atoms with Crippen LogP contribution in [0.15, 0.2) is 27.5 Å². The Morgan fingerprint density at radius 1 is 1.22 bits per heavy atom. The van der Waals surface area contributed by atoms with Crippen LogP contribution in [0, 0.1) is 0 Å². The maximum Gasteiger partial charge on any atom is 0.286 e. The van der Waals surface area contributed by atoms with Crippen LogP contribution in [-0.4, -0.2) is 44.7 Å². The van der Waals surface area contributed by atoms with E-state index in [0.29, 0.717) is 36.7 Å². The van der Waals surface area contributed by atoms with E-state index in [-0.39, 0.29) is 10.8 Å². The highest BCUT2D eigenvalue weighted by atomic mass is 32.2. The van der Waals surface area contributed by atoms with Crippen molar-refractivity contribution in [3.63, 3.8) is 0 Å². The molecule has 0 saturated carbocycles. The Hall–Kier alpha value is -1.89. The Morgan fingerprint density at radius 2 is 1.87 bits per heavy atom. The van der Waals surface area contributed by atoms with Crippen molar-refractivity contribution < 1.29 is 13.2 Å². The molecule has 0 saturated heterocycles. The molecule has 0 aliphatic carbocycles. The number of carbonyl (C=O) groups excluding carboxylic acids is 1. The first-order valence-electron chi connectivity index (χ1n) is 7.88. The standard InChI is InChI=1S/C16H23N3O3S/c1-5-10-19-12(4)17-23(21,22)15-11-13(8-9-14(15)19)16(20)18(6-2)7-3/h8-9,11H,5-7,10H2,1-4H3. The third kappa shape index (κ3) is 3.24. The molecule has 1 aliphatic heterocycles. The third-order valence-electron chi connectivity index (χ3n) is 3.92. The summed E-state index contributed by atoms with van der Waals surface area (Å²) in [4.78, 5) is 16.1. The Balaban J connectivity index is 2.54. The quantitative estimate of drug-likeness (QED) is 0.828. The summed E-state index contributed by atoms with van der Waals surface area (Å²) in [5, 5.41) is 0. The van der Waals surface area contributed by atoms with Gasteiger partial charge in [-0.15, -0.1) is 4.40 Å². The average molecular weight is 337 g/mol. The first-order valence-corrected chi connectivity index (χ1v) is 9.32. The van der Waals surface area contributed by atoms with Crippen molar-refractivity contribution in [2.45, 2.75) is 39.0 Å². The maximum absolute atomic E-state index is 12.5. The molecule has 1 heterocycles. The molecule has 0 fully saturated rings. The number of benzene rings is 1. The fraction of sp³-hybridized carbons (Fsp3) is 0.500. The second-order valence-electron chi connectivity index (χ2n) is 5.43. The van der Waals surface area contributed by atoms with Gasteiger partial charge in [0.25, 0.3) is 15.9 Å². The topological polar surface area (TPSA) is 70.0 Å². The lowest BCUT2D eigenvalue weighted by Gasteiger charge is -2.29. The van der Waals surface area contributed by atoms with E-state index in [0.717, 1.165) is 6.42 Å². The van der Waals surface area contributed by atoms with Crippen molar-refractivity contribution in [3.8, 4) is 0 Å². The van der Waals surface area contributed by atoms with Crippen molar-refractivity contribution >= 4 is 27.5 Å². The molecule has 0 N–H and O–H groups in total. The molecule has 0 atom stereocenters. The number of sulfonamides is 1. The third-order valence-corrected chi connectivity index (χ3v) is 5.30. The first-order chi connectivity index (χ1) is 10.9. The van der Waals surface area contributed by atoms with Gasteiger partial charge < -0.3 is 9.80 Å². The van der Waals surface area contributed by atoms with Gasteiger partial charge in [0, 0.05) is 25.2 Å². The summed E-state index contributed by atoms with van der Waals surface area (Å²) in [6, 6.07) is 4.84. The van der Waals surface area contributed by atoms with Gasteiger partial charge in [-0.1, -0.05) is 6.92 Å². The highest BCUT2D eigenvalue weighted by molar-refractivity contribution is 7.90. The first kappa shape index (κ1) is 17.5. The molecule has 0 bridgehead atoms. The number of hydrogen-bond donors (Lipinski definition) is 0. The van der Waals surface area contributed by atoms with Gasteiger partial charge in [0.2, 0.25) is 0 Å². The molecule has 1 aliphatic rings. The number of rotatable bonds is 5. The predicted molar refractivity (Wildman–Crippen MR) is 91.6 cm³/mol. The number of fused-ring (bicyclic) bond motifs is 1. The Labute approximate surface area is 137 Å². The smallest absolute Gasteiger partial charge is 0.286 e. The monoisotopic (exact) mass is 337 g/mol. The zero-order chi connectivity index (χ0) is 17.2. The van der Waals surface area contributed by atoms with E-state index in [1.54, 1.807) is 24.0 Å². The summed E-state index contributed by atoms with van der Waals surface area (Å²) >= 11 is 0. The number of anilines is 1. The SMILES string of the molecule is CCCN1C(C)=NS(=O)(=O)c2cc(C(=O)N(CC)CC)ccc21. The molecule has 2 rings (SSSR count). The zero-order valence-corrected chi connectivity index (χ0v) is 14.9. The van der Waals surface area contributed by atoms with Crippen LogP contribution in [0.1, 0.15) is 44.5 Å². The number of carbonyl (C=O) groups is 1. The molecule has 1 amide bonds. The number of nitrogens with zero attached hydrogens (tertiary/aromatic N) is 3. The molecule has 6 nitrogen and oxygen atoms in total. The van der Waals surface area contributed by atoms with E-state index < -0.39 is 10.0 Å². The fourth-order valence-electron chi connectivity index (χ4n) is 2.72. The molecular formula is C16H23N3O3S. The second-order valence-corrected chi connectivity index (χ2v) is 7.00. The van der Waals surface area contributed by atoms with Gasteiger partial charge in [0.15, 0.2) is 0 Å². The maximum atomic E-state index is 12.5. The molecule has 1 aromatic rings. The molecule has 1 aromatic carbocycles. The summed E-state index contributed by atoms with van der Waals surface area (Å²) in [7, 11) is -3.76. The van der Waals surface area contributed by atoms with E-state index in [4.69, 9.17) is 0 Å². The van der Waals surface area contributed by atoms with Crippen LogP contribution in [0.2, 0.25) is 0 Å². The van der Waals surface area contributed by atoms with Gasteiger partial charge in [0.1, 0.15) is 10.7 Å². The van der Waals surface area contributed by atoms with Crippen molar-refractivity contribution in [2.75, 3.05) is 24.5 Å². The van der Waals surface area contributed by atoms with Gasteiger partial charge in [-0.05, 0) is 45.4 Å². The van der Waals surface area contributed by atoms with Gasteiger partial charge in [-0.2, -0.15) is 8.42 Å². The van der Waals surface area contributed by atoms with Gasteiger partial charge in [-0.25, -0.2) is 0 Å². The van der Waals surface area contributed by atoms with Gasteiger partial charge in [0.05, 0.1) is 5.69 Å². The largest absolute Gasteiger partial charge is 0.339 e. The summed E-state index contributed by atoms with van der Waals surface area (Å²) < 4.78 is 28.6.